The third-order valence-electron chi connectivity index (χ3n) is 3.02. The zero-order valence-electron chi connectivity index (χ0n) is 10.7. The number of rotatable bonds is 7. The normalized spacial score (nSPS) is 12.8. The SMILES string of the molecule is Cn1ccc(CC(CCCc2cccs2)NN)n1. The molecule has 0 saturated carbocycles. The highest BCUT2D eigenvalue weighted by Gasteiger charge is 2.09. The molecule has 5 heteroatoms. The molecule has 2 aromatic rings. The van der Waals surface area contributed by atoms with Crippen molar-refractivity contribution in [3.8, 4) is 0 Å². The van der Waals surface area contributed by atoms with Gasteiger partial charge in [0.2, 0.25) is 0 Å². The molecule has 0 amide bonds. The molecule has 18 heavy (non-hydrogen) atoms. The lowest BCUT2D eigenvalue weighted by atomic mass is 10.0. The average molecular weight is 264 g/mol. The monoisotopic (exact) mass is 264 g/mol. The van der Waals surface area contributed by atoms with Crippen molar-refractivity contribution in [1.82, 2.24) is 15.2 Å². The zero-order chi connectivity index (χ0) is 12.8. The van der Waals surface area contributed by atoms with E-state index in [1.54, 1.807) is 0 Å². The first-order chi connectivity index (χ1) is 8.78. The molecule has 1 atom stereocenters. The topological polar surface area (TPSA) is 55.9 Å². The van der Waals surface area contributed by atoms with Crippen molar-refractivity contribution in [3.05, 3.63) is 40.3 Å². The fourth-order valence-electron chi connectivity index (χ4n) is 2.05. The lowest BCUT2D eigenvalue weighted by molar-refractivity contribution is 0.471. The smallest absolute Gasteiger partial charge is 0.0640 e. The Bertz CT molecular complexity index is 449. The maximum Gasteiger partial charge on any atom is 0.0640 e. The van der Waals surface area contributed by atoms with E-state index in [-0.39, 0.29) is 0 Å². The molecule has 0 bridgehead atoms. The van der Waals surface area contributed by atoms with Crippen LogP contribution in [0.3, 0.4) is 0 Å². The van der Waals surface area contributed by atoms with Gasteiger partial charge in [0.15, 0.2) is 0 Å². The minimum atomic E-state index is 0.305. The molecule has 4 nitrogen and oxygen atoms in total. The van der Waals surface area contributed by atoms with E-state index in [9.17, 15) is 0 Å². The van der Waals surface area contributed by atoms with Gasteiger partial charge in [-0.1, -0.05) is 6.07 Å². The van der Waals surface area contributed by atoms with Gasteiger partial charge in [0.1, 0.15) is 0 Å². The van der Waals surface area contributed by atoms with Gasteiger partial charge in [-0.05, 0) is 36.8 Å². The second-order valence-corrected chi connectivity index (χ2v) is 5.55. The zero-order valence-corrected chi connectivity index (χ0v) is 11.5. The first-order valence-corrected chi connectivity index (χ1v) is 7.13. The maximum absolute atomic E-state index is 5.60. The van der Waals surface area contributed by atoms with Crippen molar-refractivity contribution < 1.29 is 0 Å². The molecule has 98 valence electrons. The largest absolute Gasteiger partial charge is 0.276 e. The summed E-state index contributed by atoms with van der Waals surface area (Å²) in [7, 11) is 1.94. The summed E-state index contributed by atoms with van der Waals surface area (Å²) in [5, 5.41) is 6.51. The molecule has 2 rings (SSSR count). The highest BCUT2D eigenvalue weighted by molar-refractivity contribution is 7.09. The minimum absolute atomic E-state index is 0.305. The minimum Gasteiger partial charge on any atom is -0.276 e. The Morgan fingerprint density at radius 3 is 3.00 bits per heavy atom. The molecule has 1 unspecified atom stereocenters. The summed E-state index contributed by atoms with van der Waals surface area (Å²) in [6.07, 6.45) is 6.22. The summed E-state index contributed by atoms with van der Waals surface area (Å²) in [4.78, 5) is 1.45. The van der Waals surface area contributed by atoms with E-state index < -0.39 is 0 Å². The lowest BCUT2D eigenvalue weighted by Gasteiger charge is -2.14. The van der Waals surface area contributed by atoms with Gasteiger partial charge in [-0.25, -0.2) is 0 Å². The van der Waals surface area contributed by atoms with Crippen LogP contribution < -0.4 is 11.3 Å². The van der Waals surface area contributed by atoms with Crippen molar-refractivity contribution in [1.29, 1.82) is 0 Å². The predicted octanol–water partition coefficient (Wildman–Crippen LogP) is 1.88. The molecular formula is C13H20N4S. The first-order valence-electron chi connectivity index (χ1n) is 6.25. The van der Waals surface area contributed by atoms with Gasteiger partial charge in [0, 0.05) is 30.6 Å². The van der Waals surface area contributed by atoms with Crippen molar-refractivity contribution >= 4 is 11.3 Å². The van der Waals surface area contributed by atoms with Crippen LogP contribution in [0.25, 0.3) is 0 Å². The number of hydrogen-bond donors (Lipinski definition) is 2. The Labute approximate surface area is 112 Å². The standard InChI is InChI=1S/C13H20N4S/c1-17-8-7-12(16-17)10-11(15-14)4-2-5-13-6-3-9-18-13/h3,6-9,11,15H,2,4-5,10,14H2,1H3. The molecule has 0 radical (unpaired) electrons. The van der Waals surface area contributed by atoms with Crippen molar-refractivity contribution in [3.63, 3.8) is 0 Å². The number of aryl methyl sites for hydroxylation is 2. The fourth-order valence-corrected chi connectivity index (χ4v) is 2.80. The Balaban J connectivity index is 1.75. The molecule has 0 spiro atoms. The van der Waals surface area contributed by atoms with Crippen LogP contribution in [-0.4, -0.2) is 15.8 Å². The number of thiophene rings is 1. The number of hydrazine groups is 1. The maximum atomic E-state index is 5.60. The number of nitrogens with zero attached hydrogens (tertiary/aromatic N) is 2. The molecule has 0 aliphatic heterocycles. The second kappa shape index (κ2) is 6.68. The van der Waals surface area contributed by atoms with Crippen LogP contribution in [0.4, 0.5) is 0 Å². The van der Waals surface area contributed by atoms with Crippen LogP contribution >= 0.6 is 11.3 Å². The van der Waals surface area contributed by atoms with E-state index in [0.717, 1.165) is 31.4 Å². The van der Waals surface area contributed by atoms with Gasteiger partial charge in [-0.15, -0.1) is 11.3 Å². The van der Waals surface area contributed by atoms with Gasteiger partial charge in [0.25, 0.3) is 0 Å². The van der Waals surface area contributed by atoms with E-state index in [0.29, 0.717) is 6.04 Å². The lowest BCUT2D eigenvalue weighted by Crippen LogP contribution is -2.36. The molecule has 0 aliphatic rings. The number of nitrogens with two attached hydrogens (primary N) is 1. The molecule has 3 N–H and O–H groups in total. The van der Waals surface area contributed by atoms with Crippen LogP contribution in [0.15, 0.2) is 29.8 Å². The number of aromatic nitrogens is 2. The fraction of sp³-hybridized carbons (Fsp3) is 0.462. The van der Waals surface area contributed by atoms with Gasteiger partial charge < -0.3 is 0 Å². The molecular weight excluding hydrogens is 244 g/mol. The summed E-state index contributed by atoms with van der Waals surface area (Å²) >= 11 is 1.82. The van der Waals surface area contributed by atoms with Crippen LogP contribution in [0.5, 0.6) is 0 Å². The van der Waals surface area contributed by atoms with E-state index in [4.69, 9.17) is 5.84 Å². The van der Waals surface area contributed by atoms with Crippen molar-refractivity contribution in [2.24, 2.45) is 12.9 Å². The van der Waals surface area contributed by atoms with Crippen molar-refractivity contribution in [2.45, 2.75) is 31.7 Å². The highest BCUT2D eigenvalue weighted by Crippen LogP contribution is 2.13. The van der Waals surface area contributed by atoms with Crippen LogP contribution in [-0.2, 0) is 19.9 Å². The molecule has 0 fully saturated rings. The molecule has 2 heterocycles. The van der Waals surface area contributed by atoms with Crippen LogP contribution in [0, 0.1) is 0 Å². The quantitative estimate of drug-likeness (QED) is 0.593. The third-order valence-corrected chi connectivity index (χ3v) is 3.95. The first kappa shape index (κ1) is 13.3. The molecule has 0 aromatic carbocycles. The van der Waals surface area contributed by atoms with Crippen LogP contribution in [0.2, 0.25) is 0 Å². The van der Waals surface area contributed by atoms with E-state index in [1.807, 2.05) is 35.3 Å². The summed E-state index contributed by atoms with van der Waals surface area (Å²) < 4.78 is 1.83. The van der Waals surface area contributed by atoms with Gasteiger partial charge in [-0.2, -0.15) is 5.10 Å². The third kappa shape index (κ3) is 3.94. The summed E-state index contributed by atoms with van der Waals surface area (Å²) in [5.74, 6) is 5.60. The average Bonchev–Trinajstić information content (AvgIpc) is 3.00. The van der Waals surface area contributed by atoms with Gasteiger partial charge in [0.05, 0.1) is 5.69 Å². The predicted molar refractivity (Wildman–Crippen MR) is 75.3 cm³/mol. The van der Waals surface area contributed by atoms with Crippen molar-refractivity contribution in [2.75, 3.05) is 0 Å². The van der Waals surface area contributed by atoms with Gasteiger partial charge in [-0.3, -0.25) is 16.0 Å². The van der Waals surface area contributed by atoms with Crippen LogP contribution in [0.1, 0.15) is 23.4 Å². The Hall–Kier alpha value is -1.17. The van der Waals surface area contributed by atoms with E-state index in [1.165, 1.54) is 4.88 Å². The van der Waals surface area contributed by atoms with Gasteiger partial charge >= 0.3 is 0 Å². The summed E-state index contributed by atoms with van der Waals surface area (Å²) in [6, 6.07) is 6.64. The number of nitrogens with one attached hydrogen (secondary N) is 1. The summed E-state index contributed by atoms with van der Waals surface area (Å²) in [6.45, 7) is 0. The molecule has 0 aliphatic carbocycles. The highest BCUT2D eigenvalue weighted by atomic mass is 32.1. The number of hydrogen-bond acceptors (Lipinski definition) is 4. The van der Waals surface area contributed by atoms with E-state index >= 15 is 0 Å². The van der Waals surface area contributed by atoms with E-state index in [2.05, 4.69) is 28.0 Å². The summed E-state index contributed by atoms with van der Waals surface area (Å²) in [5.41, 5.74) is 3.99. The Kier molecular flexibility index (Phi) is 4.92. The molecule has 0 saturated heterocycles. The Morgan fingerprint density at radius 1 is 1.50 bits per heavy atom. The molecule has 2 aromatic heterocycles. The Morgan fingerprint density at radius 2 is 2.39 bits per heavy atom. The second-order valence-electron chi connectivity index (χ2n) is 4.52.